The van der Waals surface area contributed by atoms with Crippen LogP contribution in [-0.4, -0.2) is 15.4 Å². The van der Waals surface area contributed by atoms with Gasteiger partial charge in [0.25, 0.3) is 0 Å². The molecule has 4 heteroatoms. The number of ketones is 1. The van der Waals surface area contributed by atoms with E-state index < -0.39 is 0 Å². The number of carbonyl (C=O) groups excluding carboxylic acids is 1. The summed E-state index contributed by atoms with van der Waals surface area (Å²) >= 11 is 1.13. The van der Waals surface area contributed by atoms with Crippen LogP contribution >= 0.6 is 11.5 Å². The molecule has 0 spiro atoms. The molecule has 0 amide bonds. The van der Waals surface area contributed by atoms with Crippen LogP contribution < -0.4 is 0 Å². The Balaban J connectivity index is 2.56. The van der Waals surface area contributed by atoms with Crippen LogP contribution in [0.1, 0.15) is 29.4 Å². The largest absolute Gasteiger partial charge is 0.293 e. The number of aromatic nitrogens is 2. The van der Waals surface area contributed by atoms with Crippen LogP contribution in [0.15, 0.2) is 18.3 Å². The predicted molar refractivity (Wildman–Crippen MR) is 48.3 cm³/mol. The Hall–Kier alpha value is -1.03. The second kappa shape index (κ2) is 4.11. The van der Waals surface area contributed by atoms with E-state index in [0.717, 1.165) is 23.5 Å². The Morgan fingerprint density at radius 1 is 1.75 bits per heavy atom. The van der Waals surface area contributed by atoms with E-state index in [1.165, 1.54) is 6.20 Å². The molecule has 0 bridgehead atoms. The molecule has 3 nitrogen and oxygen atoms in total. The van der Waals surface area contributed by atoms with Gasteiger partial charge in [-0.05, 0) is 18.0 Å². The van der Waals surface area contributed by atoms with Crippen molar-refractivity contribution in [1.29, 1.82) is 0 Å². The van der Waals surface area contributed by atoms with Gasteiger partial charge in [0.05, 0.1) is 6.20 Å². The third-order valence-corrected chi connectivity index (χ3v) is 2.25. The zero-order valence-electron chi connectivity index (χ0n) is 6.91. The molecule has 0 unspecified atom stereocenters. The van der Waals surface area contributed by atoms with Crippen LogP contribution in [0.4, 0.5) is 0 Å². The van der Waals surface area contributed by atoms with E-state index in [9.17, 15) is 4.79 Å². The summed E-state index contributed by atoms with van der Waals surface area (Å²) in [7, 11) is 0. The van der Waals surface area contributed by atoms with Gasteiger partial charge >= 0.3 is 0 Å². The van der Waals surface area contributed by atoms with Crippen molar-refractivity contribution in [2.24, 2.45) is 0 Å². The lowest BCUT2D eigenvalue weighted by Gasteiger charge is -1.97. The molecule has 0 radical (unpaired) electrons. The third-order valence-electron chi connectivity index (χ3n) is 1.55. The monoisotopic (exact) mass is 182 g/mol. The second-order valence-electron chi connectivity index (χ2n) is 2.49. The van der Waals surface area contributed by atoms with Crippen LogP contribution in [0, 0.1) is 0 Å². The molecule has 1 heterocycles. The molecule has 64 valence electrons. The van der Waals surface area contributed by atoms with Gasteiger partial charge in [-0.1, -0.05) is 23.6 Å². The van der Waals surface area contributed by atoms with E-state index in [2.05, 4.69) is 16.2 Å². The summed E-state index contributed by atoms with van der Waals surface area (Å²) in [6, 6.07) is 0. The number of hydrogen-bond donors (Lipinski definition) is 0. The molecule has 1 rings (SSSR count). The Morgan fingerprint density at radius 2 is 2.50 bits per heavy atom. The lowest BCUT2D eigenvalue weighted by molar-refractivity contribution is 0.0996. The van der Waals surface area contributed by atoms with Gasteiger partial charge in [0.15, 0.2) is 5.78 Å². The number of rotatable bonds is 4. The maximum absolute atomic E-state index is 11.3. The van der Waals surface area contributed by atoms with Gasteiger partial charge < -0.3 is 0 Å². The van der Waals surface area contributed by atoms with E-state index >= 15 is 0 Å². The van der Waals surface area contributed by atoms with Gasteiger partial charge in [0, 0.05) is 6.42 Å². The lowest BCUT2D eigenvalue weighted by atomic mass is 10.1. The summed E-state index contributed by atoms with van der Waals surface area (Å²) in [5.41, 5.74) is 0.952. The maximum Gasteiger partial charge on any atom is 0.180 e. The fourth-order valence-electron chi connectivity index (χ4n) is 0.729. The summed E-state index contributed by atoms with van der Waals surface area (Å²) < 4.78 is 3.62. The highest BCUT2D eigenvalue weighted by Gasteiger charge is 2.08. The third kappa shape index (κ3) is 2.23. The topological polar surface area (TPSA) is 42.9 Å². The SMILES string of the molecule is C=C(CC)CC(=O)c1cnns1. The van der Waals surface area contributed by atoms with Crippen LogP contribution in [0.3, 0.4) is 0 Å². The Kier molecular flexibility index (Phi) is 3.10. The summed E-state index contributed by atoms with van der Waals surface area (Å²) in [4.78, 5) is 12.0. The van der Waals surface area contributed by atoms with Crippen molar-refractivity contribution < 1.29 is 4.79 Å². The highest BCUT2D eigenvalue weighted by atomic mass is 32.1. The first-order valence-electron chi connectivity index (χ1n) is 3.71. The molecule has 1 aromatic heterocycles. The molecule has 0 aromatic carbocycles. The molecule has 0 atom stereocenters. The summed E-state index contributed by atoms with van der Waals surface area (Å²) in [6.45, 7) is 5.75. The van der Waals surface area contributed by atoms with Gasteiger partial charge in [0.2, 0.25) is 0 Å². The molecule has 0 N–H and O–H groups in total. The first kappa shape index (κ1) is 9.06. The molecule has 0 aliphatic heterocycles. The number of allylic oxidation sites excluding steroid dienone is 1. The van der Waals surface area contributed by atoms with E-state index in [1.54, 1.807) is 0 Å². The van der Waals surface area contributed by atoms with E-state index in [1.807, 2.05) is 6.92 Å². The Labute approximate surface area is 75.3 Å². The van der Waals surface area contributed by atoms with Gasteiger partial charge in [0.1, 0.15) is 4.88 Å². The fourth-order valence-corrected chi connectivity index (χ4v) is 1.18. The Bertz CT molecular complexity index is 279. The number of carbonyl (C=O) groups is 1. The molecule has 0 saturated carbocycles. The normalized spacial score (nSPS) is 9.75. The minimum Gasteiger partial charge on any atom is -0.293 e. The van der Waals surface area contributed by atoms with Crippen molar-refractivity contribution in [1.82, 2.24) is 9.59 Å². The zero-order valence-corrected chi connectivity index (χ0v) is 7.73. The maximum atomic E-state index is 11.3. The quantitative estimate of drug-likeness (QED) is 0.529. The molecule has 0 fully saturated rings. The molecule has 1 aromatic rings. The average Bonchev–Trinajstić information content (AvgIpc) is 2.56. The van der Waals surface area contributed by atoms with E-state index in [4.69, 9.17) is 0 Å². The highest BCUT2D eigenvalue weighted by molar-refractivity contribution is 7.07. The minimum absolute atomic E-state index is 0.0665. The zero-order chi connectivity index (χ0) is 8.97. The first-order valence-corrected chi connectivity index (χ1v) is 4.48. The summed E-state index contributed by atoms with van der Waals surface area (Å²) in [5.74, 6) is 0.0665. The van der Waals surface area contributed by atoms with Crippen LogP contribution in [0.2, 0.25) is 0 Å². The van der Waals surface area contributed by atoms with Crippen LogP contribution in [0.5, 0.6) is 0 Å². The number of hydrogen-bond acceptors (Lipinski definition) is 4. The van der Waals surface area contributed by atoms with Crippen molar-refractivity contribution in [3.05, 3.63) is 23.2 Å². The van der Waals surface area contributed by atoms with Crippen molar-refractivity contribution in [2.45, 2.75) is 19.8 Å². The smallest absolute Gasteiger partial charge is 0.180 e. The van der Waals surface area contributed by atoms with Gasteiger partial charge in [-0.15, -0.1) is 5.10 Å². The van der Waals surface area contributed by atoms with E-state index in [0.29, 0.717) is 11.3 Å². The van der Waals surface area contributed by atoms with Crippen LogP contribution in [-0.2, 0) is 0 Å². The van der Waals surface area contributed by atoms with Crippen LogP contribution in [0.25, 0.3) is 0 Å². The average molecular weight is 182 g/mol. The molecule has 0 aliphatic carbocycles. The summed E-state index contributed by atoms with van der Waals surface area (Å²) in [5, 5.41) is 3.59. The molecule has 12 heavy (non-hydrogen) atoms. The molecular formula is C8H10N2OS. The van der Waals surface area contributed by atoms with Crippen molar-refractivity contribution in [3.63, 3.8) is 0 Å². The predicted octanol–water partition coefficient (Wildman–Crippen LogP) is 2.08. The fraction of sp³-hybridized carbons (Fsp3) is 0.375. The van der Waals surface area contributed by atoms with Crippen molar-refractivity contribution in [3.8, 4) is 0 Å². The van der Waals surface area contributed by atoms with Gasteiger partial charge in [-0.25, -0.2) is 0 Å². The molecule has 0 aliphatic rings. The van der Waals surface area contributed by atoms with E-state index in [-0.39, 0.29) is 5.78 Å². The number of Topliss-reactive ketones (excluding diaryl/α,β-unsaturated/α-hetero) is 1. The second-order valence-corrected chi connectivity index (χ2v) is 3.27. The van der Waals surface area contributed by atoms with Crippen molar-refractivity contribution in [2.75, 3.05) is 0 Å². The first-order chi connectivity index (χ1) is 5.74. The standard InChI is InChI=1S/C8H10N2OS/c1-3-6(2)4-7(11)8-5-9-10-12-8/h5H,2-4H2,1H3. The lowest BCUT2D eigenvalue weighted by Crippen LogP contribution is -1.96. The molecular weight excluding hydrogens is 172 g/mol. The molecule has 0 saturated heterocycles. The van der Waals surface area contributed by atoms with Crippen molar-refractivity contribution >= 4 is 17.3 Å². The number of nitrogens with zero attached hydrogens (tertiary/aromatic N) is 2. The summed E-state index contributed by atoms with van der Waals surface area (Å²) in [6.07, 6.45) is 2.76. The highest BCUT2D eigenvalue weighted by Crippen LogP contribution is 2.11. The minimum atomic E-state index is 0.0665. The van der Waals surface area contributed by atoms with Gasteiger partial charge in [-0.2, -0.15) is 0 Å². The van der Waals surface area contributed by atoms with Gasteiger partial charge in [-0.3, -0.25) is 4.79 Å². The Morgan fingerprint density at radius 3 is 3.00 bits per heavy atom.